The molecule has 0 bridgehead atoms. The number of aromatic amines is 1. The molecule has 23 heavy (non-hydrogen) atoms. The normalized spacial score (nSPS) is 16.5. The Hall–Kier alpha value is -2.86. The zero-order valence-electron chi connectivity index (χ0n) is 12.3. The van der Waals surface area contributed by atoms with Crippen molar-refractivity contribution in [3.8, 4) is 11.4 Å². The number of nitrogens with one attached hydrogen (secondary N) is 1. The van der Waals surface area contributed by atoms with Gasteiger partial charge in [0, 0.05) is 17.5 Å². The Labute approximate surface area is 132 Å². The van der Waals surface area contributed by atoms with Gasteiger partial charge < -0.3 is 4.74 Å². The fourth-order valence-corrected chi connectivity index (χ4v) is 2.77. The molecule has 0 saturated heterocycles. The summed E-state index contributed by atoms with van der Waals surface area (Å²) in [4.78, 5) is 12.3. The molecular weight excluding hydrogens is 292 g/mol. The van der Waals surface area contributed by atoms with Gasteiger partial charge in [0.05, 0.1) is 6.61 Å². The molecule has 0 saturated carbocycles. The topological polar surface area (TPSA) is 80.8 Å². The largest absolute Gasteiger partial charge is 0.365 e. The number of ether oxygens (including phenoxy) is 1. The Morgan fingerprint density at radius 1 is 1.13 bits per heavy atom. The molecule has 0 radical (unpaired) electrons. The Morgan fingerprint density at radius 3 is 2.70 bits per heavy atom. The van der Waals surface area contributed by atoms with Gasteiger partial charge in [-0.25, -0.2) is 0 Å². The van der Waals surface area contributed by atoms with E-state index in [9.17, 15) is 4.79 Å². The van der Waals surface area contributed by atoms with Gasteiger partial charge in [0.2, 0.25) is 5.82 Å². The number of carbonyl (C=O) groups is 1. The van der Waals surface area contributed by atoms with Gasteiger partial charge in [-0.2, -0.15) is 5.21 Å². The zero-order chi connectivity index (χ0) is 15.6. The maximum absolute atomic E-state index is 12.3. The third-order valence-corrected chi connectivity index (χ3v) is 3.99. The number of nitrogens with zero attached hydrogens (tertiary/aromatic N) is 3. The quantitative estimate of drug-likeness (QED) is 0.799. The summed E-state index contributed by atoms with van der Waals surface area (Å²) in [6.45, 7) is 0.400. The van der Waals surface area contributed by atoms with Gasteiger partial charge >= 0.3 is 0 Å². The van der Waals surface area contributed by atoms with Gasteiger partial charge in [0.25, 0.3) is 0 Å². The minimum Gasteiger partial charge on any atom is -0.365 e. The van der Waals surface area contributed by atoms with Crippen LogP contribution in [0, 0.1) is 0 Å². The fraction of sp³-hybridized carbons (Fsp3) is 0.176. The molecule has 1 N–H and O–H groups in total. The van der Waals surface area contributed by atoms with Crippen LogP contribution in [0.15, 0.2) is 48.5 Å². The molecule has 1 aliphatic rings. The highest BCUT2D eigenvalue weighted by Crippen LogP contribution is 2.25. The van der Waals surface area contributed by atoms with Crippen molar-refractivity contribution in [3.63, 3.8) is 0 Å². The second-order valence-corrected chi connectivity index (χ2v) is 5.46. The molecule has 1 unspecified atom stereocenters. The second-order valence-electron chi connectivity index (χ2n) is 5.46. The zero-order valence-corrected chi connectivity index (χ0v) is 12.3. The van der Waals surface area contributed by atoms with E-state index in [2.05, 4.69) is 20.6 Å². The molecule has 1 heterocycles. The van der Waals surface area contributed by atoms with E-state index in [-0.39, 0.29) is 11.9 Å². The van der Waals surface area contributed by atoms with E-state index < -0.39 is 0 Å². The van der Waals surface area contributed by atoms with Gasteiger partial charge in [-0.1, -0.05) is 48.5 Å². The summed E-state index contributed by atoms with van der Waals surface area (Å²) in [5, 5.41) is 13.8. The lowest BCUT2D eigenvalue weighted by Crippen LogP contribution is -2.19. The number of tetrazole rings is 1. The summed E-state index contributed by atoms with van der Waals surface area (Å²) in [7, 11) is 0. The minimum atomic E-state index is -0.385. The number of rotatable bonds is 4. The first kappa shape index (κ1) is 13.8. The lowest BCUT2D eigenvalue weighted by Gasteiger charge is -2.10. The molecule has 0 aliphatic heterocycles. The molecule has 1 aromatic heterocycles. The summed E-state index contributed by atoms with van der Waals surface area (Å²) in [6, 6.07) is 15.4. The van der Waals surface area contributed by atoms with E-state index in [1.54, 1.807) is 0 Å². The van der Waals surface area contributed by atoms with Crippen molar-refractivity contribution >= 4 is 5.78 Å². The molecule has 2 aromatic carbocycles. The van der Waals surface area contributed by atoms with Crippen LogP contribution in [-0.2, 0) is 17.8 Å². The van der Waals surface area contributed by atoms with Crippen molar-refractivity contribution in [2.75, 3.05) is 0 Å². The van der Waals surface area contributed by atoms with Crippen LogP contribution in [0.25, 0.3) is 11.4 Å². The molecule has 3 aromatic rings. The summed E-state index contributed by atoms with van der Waals surface area (Å²) < 4.78 is 5.82. The molecule has 1 atom stereocenters. The Morgan fingerprint density at radius 2 is 1.96 bits per heavy atom. The van der Waals surface area contributed by atoms with E-state index in [0.29, 0.717) is 18.9 Å². The molecular formula is C17H14N4O2. The monoisotopic (exact) mass is 306 g/mol. The number of hydrogen-bond acceptors (Lipinski definition) is 5. The fourth-order valence-electron chi connectivity index (χ4n) is 2.77. The number of ketones is 1. The van der Waals surface area contributed by atoms with Crippen LogP contribution >= 0.6 is 0 Å². The number of fused-ring (bicyclic) bond motifs is 1. The molecule has 114 valence electrons. The number of Topliss-reactive ketones (excluding diaryl/α,β-unsaturated/α-hetero) is 1. The highest BCUT2D eigenvalue weighted by molar-refractivity contribution is 6.03. The molecule has 6 heteroatoms. The molecule has 4 rings (SSSR count). The third kappa shape index (κ3) is 2.64. The van der Waals surface area contributed by atoms with E-state index in [0.717, 1.165) is 22.3 Å². The highest BCUT2D eigenvalue weighted by atomic mass is 16.5. The first-order valence-corrected chi connectivity index (χ1v) is 7.38. The molecule has 6 nitrogen and oxygen atoms in total. The molecule has 0 fully saturated rings. The van der Waals surface area contributed by atoms with Crippen molar-refractivity contribution in [3.05, 3.63) is 65.2 Å². The van der Waals surface area contributed by atoms with Gasteiger partial charge in [0.1, 0.15) is 6.10 Å². The Kier molecular flexibility index (Phi) is 3.44. The van der Waals surface area contributed by atoms with Crippen LogP contribution in [0.4, 0.5) is 0 Å². The van der Waals surface area contributed by atoms with Gasteiger partial charge in [0.15, 0.2) is 5.78 Å². The summed E-state index contributed by atoms with van der Waals surface area (Å²) in [5.74, 6) is 0.628. The number of carbonyl (C=O) groups excluding carboxylic acids is 1. The summed E-state index contributed by atoms with van der Waals surface area (Å²) in [6.07, 6.45) is 0.264. The Balaban J connectivity index is 1.41. The van der Waals surface area contributed by atoms with E-state index in [1.165, 1.54) is 0 Å². The van der Waals surface area contributed by atoms with Crippen LogP contribution in [0.5, 0.6) is 0 Å². The second kappa shape index (κ2) is 5.73. The van der Waals surface area contributed by atoms with Crippen molar-refractivity contribution in [2.24, 2.45) is 0 Å². The molecule has 1 aliphatic carbocycles. The predicted molar refractivity (Wildman–Crippen MR) is 82.7 cm³/mol. The standard InChI is InChI=1S/C17H14N4O2/c22-16-14-4-2-1-3-13(14)9-15(16)23-10-11-5-7-12(8-6-11)17-18-20-21-19-17/h1-8,15H,9-10H2,(H,18,19,20,21). The summed E-state index contributed by atoms with van der Waals surface area (Å²) >= 11 is 0. The first-order valence-electron chi connectivity index (χ1n) is 7.38. The lowest BCUT2D eigenvalue weighted by molar-refractivity contribution is 0.0385. The van der Waals surface area contributed by atoms with Crippen LogP contribution in [0.2, 0.25) is 0 Å². The molecule has 0 amide bonds. The van der Waals surface area contributed by atoms with E-state index in [4.69, 9.17) is 4.74 Å². The number of H-pyrrole nitrogens is 1. The number of benzene rings is 2. The van der Waals surface area contributed by atoms with Crippen molar-refractivity contribution in [1.82, 2.24) is 20.6 Å². The van der Waals surface area contributed by atoms with Crippen LogP contribution in [0.3, 0.4) is 0 Å². The van der Waals surface area contributed by atoms with Gasteiger partial charge in [-0.15, -0.1) is 10.2 Å². The highest BCUT2D eigenvalue weighted by Gasteiger charge is 2.30. The first-order chi connectivity index (χ1) is 11.3. The average molecular weight is 306 g/mol. The Bertz CT molecular complexity index is 828. The van der Waals surface area contributed by atoms with Crippen LogP contribution in [-0.4, -0.2) is 32.5 Å². The van der Waals surface area contributed by atoms with Crippen LogP contribution in [0.1, 0.15) is 21.5 Å². The number of hydrogen-bond donors (Lipinski definition) is 1. The summed E-state index contributed by atoms with van der Waals surface area (Å²) in [5.41, 5.74) is 3.73. The number of aromatic nitrogens is 4. The maximum Gasteiger partial charge on any atom is 0.204 e. The van der Waals surface area contributed by atoms with Crippen molar-refractivity contribution in [2.45, 2.75) is 19.1 Å². The van der Waals surface area contributed by atoms with Gasteiger partial charge in [-0.3, -0.25) is 4.79 Å². The minimum absolute atomic E-state index is 0.0732. The van der Waals surface area contributed by atoms with Crippen molar-refractivity contribution in [1.29, 1.82) is 0 Å². The smallest absolute Gasteiger partial charge is 0.204 e. The van der Waals surface area contributed by atoms with Crippen molar-refractivity contribution < 1.29 is 9.53 Å². The lowest BCUT2D eigenvalue weighted by atomic mass is 10.1. The maximum atomic E-state index is 12.3. The van der Waals surface area contributed by atoms with E-state index >= 15 is 0 Å². The third-order valence-electron chi connectivity index (χ3n) is 3.99. The predicted octanol–water partition coefficient (Wildman–Crippen LogP) is 2.19. The van der Waals surface area contributed by atoms with Gasteiger partial charge in [-0.05, 0) is 16.3 Å². The average Bonchev–Trinajstić information content (AvgIpc) is 3.23. The van der Waals surface area contributed by atoms with Crippen LogP contribution < -0.4 is 0 Å². The SMILES string of the molecule is O=C1c2ccccc2CC1OCc1ccc(-c2nn[nH]n2)cc1. The molecule has 0 spiro atoms. The van der Waals surface area contributed by atoms with E-state index in [1.807, 2.05) is 48.5 Å².